The summed E-state index contributed by atoms with van der Waals surface area (Å²) in [5, 5.41) is 16.7. The first kappa shape index (κ1) is 33.1. The fraction of sp³-hybridized carbons (Fsp3) is 0.375. The van der Waals surface area contributed by atoms with Gasteiger partial charge in [-0.15, -0.1) is 0 Å². The van der Waals surface area contributed by atoms with Crippen molar-refractivity contribution in [1.29, 1.82) is 5.41 Å². The summed E-state index contributed by atoms with van der Waals surface area (Å²) in [6.07, 6.45) is -4.36. The topological polar surface area (TPSA) is 123 Å². The Morgan fingerprint density at radius 1 is 0.978 bits per heavy atom. The van der Waals surface area contributed by atoms with E-state index in [4.69, 9.17) is 15.1 Å². The van der Waals surface area contributed by atoms with E-state index in [9.17, 15) is 22.8 Å². The molecule has 1 aromatic heterocycles. The van der Waals surface area contributed by atoms with Gasteiger partial charge in [0.1, 0.15) is 11.4 Å². The Bertz CT molecular complexity index is 1520. The van der Waals surface area contributed by atoms with E-state index in [1.807, 2.05) is 6.92 Å². The van der Waals surface area contributed by atoms with E-state index in [1.165, 1.54) is 11.0 Å². The number of aromatic nitrogens is 1. The van der Waals surface area contributed by atoms with Gasteiger partial charge in [-0.3, -0.25) is 10.3 Å². The molecule has 0 unspecified atom stereocenters. The lowest BCUT2D eigenvalue weighted by Crippen LogP contribution is -2.37. The zero-order chi connectivity index (χ0) is 32.8. The molecule has 2 aromatic carbocycles. The number of amides is 3. The molecular weight excluding hydrogens is 587 g/mol. The second kappa shape index (κ2) is 13.9. The Hall–Kier alpha value is -4.81. The van der Waals surface area contributed by atoms with Gasteiger partial charge in [0.25, 0.3) is 0 Å². The van der Waals surface area contributed by atoms with Crippen molar-refractivity contribution >= 4 is 35.2 Å². The monoisotopic (exact) mass is 625 g/mol. The molecule has 2 heterocycles. The van der Waals surface area contributed by atoms with E-state index >= 15 is 0 Å². The fourth-order valence-electron chi connectivity index (χ4n) is 4.75. The largest absolute Gasteiger partial charge is 0.444 e. The molecule has 13 heteroatoms. The molecule has 3 aromatic rings. The number of alkyl carbamates (subject to hydrolysis) is 1. The van der Waals surface area contributed by atoms with E-state index in [1.54, 1.807) is 63.2 Å². The maximum atomic E-state index is 13.6. The van der Waals surface area contributed by atoms with Crippen LogP contribution in [0.3, 0.4) is 0 Å². The first-order valence-corrected chi connectivity index (χ1v) is 14.7. The molecule has 45 heavy (non-hydrogen) atoms. The smallest absolute Gasteiger partial charge is 0.416 e. The molecule has 4 N–H and O–H groups in total. The van der Waals surface area contributed by atoms with Crippen molar-refractivity contribution in [3.8, 4) is 11.3 Å². The Labute approximate surface area is 260 Å². The minimum atomic E-state index is -4.49. The van der Waals surface area contributed by atoms with Gasteiger partial charge in [0.05, 0.1) is 16.9 Å². The maximum absolute atomic E-state index is 13.6. The van der Waals surface area contributed by atoms with Gasteiger partial charge < -0.3 is 25.6 Å². The quantitative estimate of drug-likeness (QED) is 0.136. The van der Waals surface area contributed by atoms with E-state index in [0.29, 0.717) is 60.9 Å². The standard InChI is InChI=1S/C32H38F3N7O3/c1-5-41-18-7-19-42(28-26(41)15-14-25(40-28)22-8-6-9-23(20-22)32(33,34)35)29(43)39-24-12-10-21(11-13-24)27(36)37-16-17-38-30(44)45-31(2,3)4/h6,8-15,20H,5,7,16-19H2,1-4H3,(H2,36,37)(H,38,44)(H,39,43). The number of amidine groups is 1. The number of nitrogens with one attached hydrogen (secondary N) is 4. The lowest BCUT2D eigenvalue weighted by Gasteiger charge is -2.25. The second-order valence-electron chi connectivity index (χ2n) is 11.4. The predicted molar refractivity (Wildman–Crippen MR) is 169 cm³/mol. The minimum Gasteiger partial charge on any atom is -0.444 e. The molecule has 0 saturated carbocycles. The average Bonchev–Trinajstić information content (AvgIpc) is 3.17. The molecule has 0 fully saturated rings. The van der Waals surface area contributed by atoms with Crippen molar-refractivity contribution in [3.63, 3.8) is 0 Å². The summed E-state index contributed by atoms with van der Waals surface area (Å²) in [6, 6.07) is 14.7. The molecule has 3 amide bonds. The van der Waals surface area contributed by atoms with Gasteiger partial charge >= 0.3 is 18.3 Å². The van der Waals surface area contributed by atoms with Crippen molar-refractivity contribution in [2.75, 3.05) is 47.8 Å². The second-order valence-corrected chi connectivity index (χ2v) is 11.4. The number of fused-ring (bicyclic) bond motifs is 1. The third kappa shape index (κ3) is 8.87. The summed E-state index contributed by atoms with van der Waals surface area (Å²) in [7, 11) is 0. The SMILES string of the molecule is CCN1CCCN(C(=O)Nc2ccc(C(=N)NCCNC(=O)OC(C)(C)C)cc2)c2nc(-c3cccc(C(F)(F)F)c3)ccc21. The Morgan fingerprint density at radius 2 is 1.69 bits per heavy atom. The zero-order valence-corrected chi connectivity index (χ0v) is 25.7. The van der Waals surface area contributed by atoms with E-state index in [2.05, 4.69) is 20.9 Å². The van der Waals surface area contributed by atoms with Crippen molar-refractivity contribution in [2.24, 2.45) is 0 Å². The van der Waals surface area contributed by atoms with Gasteiger partial charge in [-0.25, -0.2) is 14.6 Å². The number of hydrogen-bond acceptors (Lipinski definition) is 6. The number of urea groups is 1. The van der Waals surface area contributed by atoms with E-state index in [0.717, 1.165) is 17.8 Å². The number of pyridine rings is 1. The van der Waals surface area contributed by atoms with Gasteiger partial charge in [-0.1, -0.05) is 12.1 Å². The van der Waals surface area contributed by atoms with Crippen LogP contribution in [-0.2, 0) is 10.9 Å². The van der Waals surface area contributed by atoms with Crippen molar-refractivity contribution < 1.29 is 27.5 Å². The average molecular weight is 626 g/mol. The Morgan fingerprint density at radius 3 is 2.36 bits per heavy atom. The summed E-state index contributed by atoms with van der Waals surface area (Å²) in [5.41, 5.74) is 1.05. The number of anilines is 3. The lowest BCUT2D eigenvalue weighted by atomic mass is 10.1. The number of nitrogens with zero attached hydrogens (tertiary/aromatic N) is 3. The first-order chi connectivity index (χ1) is 21.2. The van der Waals surface area contributed by atoms with Crippen LogP contribution < -0.4 is 25.8 Å². The molecule has 10 nitrogen and oxygen atoms in total. The fourth-order valence-corrected chi connectivity index (χ4v) is 4.75. The zero-order valence-electron chi connectivity index (χ0n) is 25.7. The van der Waals surface area contributed by atoms with Gasteiger partial charge in [-0.05, 0) is 82.6 Å². The molecule has 0 saturated heterocycles. The molecular formula is C32H38F3N7O3. The van der Waals surface area contributed by atoms with Crippen LogP contribution >= 0.6 is 0 Å². The molecule has 0 bridgehead atoms. The number of benzene rings is 2. The lowest BCUT2D eigenvalue weighted by molar-refractivity contribution is -0.137. The molecule has 4 rings (SSSR count). The highest BCUT2D eigenvalue weighted by molar-refractivity contribution is 6.04. The van der Waals surface area contributed by atoms with Crippen LogP contribution in [0.4, 0.5) is 40.0 Å². The number of carbonyl (C=O) groups excluding carboxylic acids is 2. The minimum absolute atomic E-state index is 0.145. The van der Waals surface area contributed by atoms with Crippen LogP contribution in [-0.4, -0.2) is 61.3 Å². The molecule has 0 aliphatic carbocycles. The highest BCUT2D eigenvalue weighted by atomic mass is 19.4. The van der Waals surface area contributed by atoms with Crippen LogP contribution in [0, 0.1) is 5.41 Å². The number of halogens is 3. The van der Waals surface area contributed by atoms with Crippen LogP contribution in [0.1, 0.15) is 45.2 Å². The van der Waals surface area contributed by atoms with Crippen LogP contribution in [0.5, 0.6) is 0 Å². The molecule has 0 spiro atoms. The number of alkyl halides is 3. The molecule has 1 aliphatic heterocycles. The van der Waals surface area contributed by atoms with Gasteiger partial charge in [0.15, 0.2) is 5.82 Å². The van der Waals surface area contributed by atoms with Crippen molar-refractivity contribution in [1.82, 2.24) is 15.6 Å². The van der Waals surface area contributed by atoms with Crippen molar-refractivity contribution in [2.45, 2.75) is 45.9 Å². The van der Waals surface area contributed by atoms with Crippen LogP contribution in [0.15, 0.2) is 60.7 Å². The number of rotatable bonds is 7. The predicted octanol–water partition coefficient (Wildman–Crippen LogP) is 6.48. The number of carbonyl (C=O) groups is 2. The van der Waals surface area contributed by atoms with Gasteiger partial charge in [0, 0.05) is 49.5 Å². The molecule has 240 valence electrons. The highest BCUT2D eigenvalue weighted by Gasteiger charge is 2.31. The first-order valence-electron chi connectivity index (χ1n) is 14.7. The summed E-state index contributed by atoms with van der Waals surface area (Å²) < 4.78 is 45.3. The van der Waals surface area contributed by atoms with E-state index < -0.39 is 29.5 Å². The molecule has 0 radical (unpaired) electrons. The molecule has 1 aliphatic rings. The summed E-state index contributed by atoms with van der Waals surface area (Å²) in [6.45, 7) is 9.62. The maximum Gasteiger partial charge on any atom is 0.416 e. The summed E-state index contributed by atoms with van der Waals surface area (Å²) >= 11 is 0. The Balaban J connectivity index is 1.45. The molecule has 0 atom stereocenters. The number of hydrogen-bond donors (Lipinski definition) is 4. The summed E-state index contributed by atoms with van der Waals surface area (Å²) in [5.74, 6) is 0.510. The van der Waals surface area contributed by atoms with Crippen molar-refractivity contribution in [3.05, 3.63) is 71.8 Å². The van der Waals surface area contributed by atoms with E-state index in [-0.39, 0.29) is 12.4 Å². The van der Waals surface area contributed by atoms with Crippen LogP contribution in [0.25, 0.3) is 11.3 Å². The normalized spacial score (nSPS) is 13.4. The highest BCUT2D eigenvalue weighted by Crippen LogP contribution is 2.36. The summed E-state index contributed by atoms with van der Waals surface area (Å²) in [4.78, 5) is 33.6. The van der Waals surface area contributed by atoms with Gasteiger partial charge in [0.2, 0.25) is 0 Å². The Kier molecular flexibility index (Phi) is 10.2. The van der Waals surface area contributed by atoms with Crippen LogP contribution in [0.2, 0.25) is 0 Å². The third-order valence-corrected chi connectivity index (χ3v) is 6.89. The van der Waals surface area contributed by atoms with Gasteiger partial charge in [-0.2, -0.15) is 13.2 Å². The number of ether oxygens (including phenoxy) is 1. The third-order valence-electron chi connectivity index (χ3n) is 6.89.